The number of aliphatic hydroxyl groups excluding tert-OH is 2. The average Bonchev–Trinajstić information content (AvgIpc) is 2.79. The van der Waals surface area contributed by atoms with Crippen LogP contribution in [0.3, 0.4) is 0 Å². The molecule has 10 nitrogen and oxygen atoms in total. The first-order valence-electron chi connectivity index (χ1n) is 9.56. The van der Waals surface area contributed by atoms with E-state index in [1.807, 2.05) is 0 Å². The van der Waals surface area contributed by atoms with Gasteiger partial charge in [0.05, 0.1) is 0 Å². The summed E-state index contributed by atoms with van der Waals surface area (Å²) >= 11 is 0. The maximum Gasteiger partial charge on any atom is 0.333 e. The van der Waals surface area contributed by atoms with Gasteiger partial charge >= 0.3 is 11.9 Å². The molecule has 34 heavy (non-hydrogen) atoms. The third-order valence-electron chi connectivity index (χ3n) is 3.87. The van der Waals surface area contributed by atoms with Crippen LogP contribution in [0.5, 0.6) is 11.5 Å². The number of nitriles is 2. The zero-order valence-electron chi connectivity index (χ0n) is 18.4. The highest BCUT2D eigenvalue weighted by molar-refractivity contribution is 5.87. The molecule has 1 rings (SSSR count). The third kappa shape index (κ3) is 7.55. The van der Waals surface area contributed by atoms with Crippen LogP contribution in [0.15, 0.2) is 24.3 Å². The topological polar surface area (TPSA) is 159 Å². The molecule has 0 spiro atoms. The molecule has 182 valence electrons. The zero-order valence-corrected chi connectivity index (χ0v) is 18.4. The van der Waals surface area contributed by atoms with E-state index in [2.05, 4.69) is 13.2 Å². The van der Waals surface area contributed by atoms with Crippen LogP contribution in [-0.2, 0) is 19.1 Å². The van der Waals surface area contributed by atoms with Crippen molar-refractivity contribution in [1.29, 1.82) is 10.5 Å². The van der Waals surface area contributed by atoms with Crippen LogP contribution in [-0.4, -0.2) is 60.8 Å². The fraction of sp³-hybridized carbons (Fsp3) is 0.364. The van der Waals surface area contributed by atoms with Crippen LogP contribution >= 0.6 is 0 Å². The third-order valence-corrected chi connectivity index (χ3v) is 3.87. The van der Waals surface area contributed by atoms with E-state index >= 15 is 4.39 Å². The minimum absolute atomic E-state index is 0.0680. The highest BCUT2D eigenvalue weighted by atomic mass is 19.1. The largest absolute Gasteiger partial charge is 0.486 e. The second-order valence-electron chi connectivity index (χ2n) is 6.95. The first-order valence-corrected chi connectivity index (χ1v) is 9.56. The molecular formula is C22H22F2N2O8. The molecular weight excluding hydrogens is 458 g/mol. The number of benzene rings is 1. The Morgan fingerprint density at radius 1 is 0.824 bits per heavy atom. The van der Waals surface area contributed by atoms with Gasteiger partial charge in [-0.25, -0.2) is 14.0 Å². The molecule has 1 aromatic rings. The summed E-state index contributed by atoms with van der Waals surface area (Å²) in [5.74, 6) is -6.44. The van der Waals surface area contributed by atoms with Gasteiger partial charge < -0.3 is 29.2 Å². The Morgan fingerprint density at radius 3 is 1.47 bits per heavy atom. The van der Waals surface area contributed by atoms with Gasteiger partial charge in [-0.2, -0.15) is 14.9 Å². The standard InChI is InChI=1S/C22H22F2N2O8/c1-11(2)21(29)33-9-13(27)7-31-19-15(5-25)17(23)16(6-26)20(18(19)24)32-8-14(28)10-34-22(30)12(3)4/h13-14,27-28H,1,3,7-10H2,2,4H3. The van der Waals surface area contributed by atoms with Crippen molar-refractivity contribution in [1.82, 2.24) is 0 Å². The van der Waals surface area contributed by atoms with Crippen molar-refractivity contribution in [3.63, 3.8) is 0 Å². The Balaban J connectivity index is 3.05. The van der Waals surface area contributed by atoms with Gasteiger partial charge in [-0.15, -0.1) is 0 Å². The van der Waals surface area contributed by atoms with E-state index in [0.717, 1.165) is 0 Å². The van der Waals surface area contributed by atoms with Crippen molar-refractivity contribution in [2.45, 2.75) is 26.1 Å². The Hall–Kier alpha value is -4.00. The van der Waals surface area contributed by atoms with Crippen molar-refractivity contribution in [3.05, 3.63) is 47.1 Å². The first kappa shape index (κ1) is 28.0. The molecule has 2 N–H and O–H groups in total. The second kappa shape index (κ2) is 12.9. The molecule has 0 aromatic heterocycles. The van der Waals surface area contributed by atoms with E-state index in [4.69, 9.17) is 18.9 Å². The molecule has 0 aliphatic heterocycles. The van der Waals surface area contributed by atoms with Crippen molar-refractivity contribution < 1.29 is 47.5 Å². The molecule has 0 radical (unpaired) electrons. The zero-order chi connectivity index (χ0) is 26.0. The van der Waals surface area contributed by atoms with Gasteiger partial charge in [-0.05, 0) is 13.8 Å². The van der Waals surface area contributed by atoms with Crippen LogP contribution in [0.4, 0.5) is 8.78 Å². The van der Waals surface area contributed by atoms with E-state index in [1.165, 1.54) is 26.0 Å². The summed E-state index contributed by atoms with van der Waals surface area (Å²) in [6, 6.07) is 2.73. The predicted molar refractivity (Wildman–Crippen MR) is 110 cm³/mol. The summed E-state index contributed by atoms with van der Waals surface area (Å²) in [7, 11) is 0. The smallest absolute Gasteiger partial charge is 0.333 e. The minimum atomic E-state index is -1.48. The molecule has 0 amide bonds. The first-order chi connectivity index (χ1) is 15.9. The molecule has 1 aromatic carbocycles. The maximum absolute atomic E-state index is 15.0. The summed E-state index contributed by atoms with van der Waals surface area (Å²) in [4.78, 5) is 22.7. The van der Waals surface area contributed by atoms with Crippen molar-refractivity contribution in [2.24, 2.45) is 0 Å². The molecule has 0 saturated heterocycles. The number of carbonyl (C=O) groups is 2. The molecule has 0 saturated carbocycles. The Kier molecular flexibility index (Phi) is 10.6. The van der Waals surface area contributed by atoms with Crippen molar-refractivity contribution in [3.8, 4) is 23.6 Å². The lowest BCUT2D eigenvalue weighted by molar-refractivity contribution is -0.143. The fourth-order valence-corrected chi connectivity index (χ4v) is 2.16. The summed E-state index contributed by atoms with van der Waals surface area (Å²) in [6.07, 6.45) is -2.97. The molecule has 0 bridgehead atoms. The van der Waals surface area contributed by atoms with Gasteiger partial charge in [0.25, 0.3) is 0 Å². The summed E-state index contributed by atoms with van der Waals surface area (Å²) in [6.45, 7) is 6.89. The average molecular weight is 480 g/mol. The summed E-state index contributed by atoms with van der Waals surface area (Å²) in [5, 5.41) is 38.1. The molecule has 0 fully saturated rings. The number of hydrogen-bond acceptors (Lipinski definition) is 10. The van der Waals surface area contributed by atoms with Gasteiger partial charge in [-0.3, -0.25) is 0 Å². The van der Waals surface area contributed by atoms with Crippen LogP contribution in [0.25, 0.3) is 0 Å². The predicted octanol–water partition coefficient (Wildman–Crippen LogP) is 1.43. The number of ether oxygens (including phenoxy) is 4. The quantitative estimate of drug-likeness (QED) is 0.331. The number of aliphatic hydroxyl groups is 2. The lowest BCUT2D eigenvalue weighted by Crippen LogP contribution is -2.27. The van der Waals surface area contributed by atoms with E-state index in [0.29, 0.717) is 0 Å². The van der Waals surface area contributed by atoms with E-state index in [9.17, 15) is 34.7 Å². The number of nitrogens with zero attached hydrogens (tertiary/aromatic N) is 2. The molecule has 2 atom stereocenters. The fourth-order valence-electron chi connectivity index (χ4n) is 2.16. The van der Waals surface area contributed by atoms with Crippen LogP contribution in [0, 0.1) is 34.3 Å². The molecule has 0 aliphatic rings. The molecule has 0 aliphatic carbocycles. The summed E-state index contributed by atoms with van der Waals surface area (Å²) < 4.78 is 49.1. The van der Waals surface area contributed by atoms with Gasteiger partial charge in [0.2, 0.25) is 5.82 Å². The van der Waals surface area contributed by atoms with Gasteiger partial charge in [0.1, 0.15) is 61.9 Å². The number of carbonyl (C=O) groups excluding carboxylic acids is 2. The van der Waals surface area contributed by atoms with Gasteiger partial charge in [0.15, 0.2) is 17.3 Å². The van der Waals surface area contributed by atoms with E-state index in [1.54, 1.807) is 0 Å². The van der Waals surface area contributed by atoms with Crippen LogP contribution in [0.1, 0.15) is 25.0 Å². The van der Waals surface area contributed by atoms with Gasteiger partial charge in [-0.1, -0.05) is 13.2 Å². The maximum atomic E-state index is 15.0. The highest BCUT2D eigenvalue weighted by Crippen LogP contribution is 2.36. The highest BCUT2D eigenvalue weighted by Gasteiger charge is 2.28. The molecule has 12 heteroatoms. The van der Waals surface area contributed by atoms with Crippen molar-refractivity contribution >= 4 is 11.9 Å². The van der Waals surface area contributed by atoms with E-state index < -0.39 is 84.8 Å². The SMILES string of the molecule is C=C(C)C(=O)OCC(O)COc1c(F)c(OCC(O)COC(=O)C(=C)C)c(C#N)c(F)c1C#N. The van der Waals surface area contributed by atoms with E-state index in [-0.39, 0.29) is 11.1 Å². The number of halogens is 2. The normalized spacial score (nSPS) is 11.9. The van der Waals surface area contributed by atoms with Crippen molar-refractivity contribution in [2.75, 3.05) is 26.4 Å². The minimum Gasteiger partial charge on any atom is -0.486 e. The molecule has 0 heterocycles. The monoisotopic (exact) mass is 480 g/mol. The lowest BCUT2D eigenvalue weighted by atomic mass is 10.1. The lowest BCUT2D eigenvalue weighted by Gasteiger charge is -2.18. The Bertz CT molecular complexity index is 979. The number of esters is 2. The second-order valence-corrected chi connectivity index (χ2v) is 6.95. The summed E-state index contributed by atoms with van der Waals surface area (Å²) in [5.41, 5.74) is -1.80. The van der Waals surface area contributed by atoms with Gasteiger partial charge in [0, 0.05) is 11.1 Å². The number of hydrogen-bond donors (Lipinski definition) is 2. The van der Waals surface area contributed by atoms with Crippen LogP contribution in [0.2, 0.25) is 0 Å². The number of rotatable bonds is 12. The molecule has 2 unspecified atom stereocenters. The Labute approximate surface area is 193 Å². The Morgan fingerprint density at radius 2 is 1.18 bits per heavy atom. The van der Waals surface area contributed by atoms with Crippen LogP contribution < -0.4 is 9.47 Å².